The van der Waals surface area contributed by atoms with Crippen LogP contribution in [-0.2, 0) is 6.54 Å². The van der Waals surface area contributed by atoms with Gasteiger partial charge in [0.15, 0.2) is 0 Å². The summed E-state index contributed by atoms with van der Waals surface area (Å²) in [5, 5.41) is 5.15. The topological polar surface area (TPSA) is 37.8 Å². The van der Waals surface area contributed by atoms with E-state index < -0.39 is 0 Å². The average Bonchev–Trinajstić information content (AvgIpc) is 2.42. The summed E-state index contributed by atoms with van der Waals surface area (Å²) in [5.41, 5.74) is 1.20. The molecule has 0 unspecified atom stereocenters. The van der Waals surface area contributed by atoms with Crippen LogP contribution in [0.25, 0.3) is 0 Å². The van der Waals surface area contributed by atoms with E-state index in [0.29, 0.717) is 5.92 Å². The van der Waals surface area contributed by atoms with E-state index in [1.807, 2.05) is 24.3 Å². The first kappa shape index (κ1) is 15.3. The van der Waals surface area contributed by atoms with Crippen molar-refractivity contribution in [3.05, 3.63) is 47.4 Å². The van der Waals surface area contributed by atoms with Gasteiger partial charge < -0.3 is 5.32 Å². The van der Waals surface area contributed by atoms with Crippen molar-refractivity contribution < 1.29 is 0 Å². The minimum atomic E-state index is 0.632. The minimum absolute atomic E-state index is 0.632. The standard InChI is InChI=1S/C15H18ClN3S/c1-11(2)8-18-9-12-7-13(16)3-4-14(12)20-15-5-6-17-10-19-15/h3-7,10-11,18H,8-9H2,1-2H3. The van der Waals surface area contributed by atoms with E-state index in [1.165, 1.54) is 10.5 Å². The summed E-state index contributed by atoms with van der Waals surface area (Å²) in [6.07, 6.45) is 3.32. The Morgan fingerprint density at radius 3 is 2.85 bits per heavy atom. The molecule has 20 heavy (non-hydrogen) atoms. The number of nitrogens with one attached hydrogen (secondary N) is 1. The maximum Gasteiger partial charge on any atom is 0.116 e. The predicted octanol–water partition coefficient (Wildman–Crippen LogP) is 4.03. The fourth-order valence-electron chi connectivity index (χ4n) is 1.73. The first-order chi connectivity index (χ1) is 9.65. The van der Waals surface area contributed by atoms with Crippen molar-refractivity contribution in [3.8, 4) is 0 Å². The van der Waals surface area contributed by atoms with Crippen LogP contribution in [0.2, 0.25) is 5.02 Å². The number of halogens is 1. The Hall–Kier alpha value is -1.10. The normalized spacial score (nSPS) is 11.0. The lowest BCUT2D eigenvalue weighted by atomic mass is 10.2. The zero-order chi connectivity index (χ0) is 14.4. The van der Waals surface area contributed by atoms with Gasteiger partial charge in [-0.2, -0.15) is 0 Å². The fraction of sp³-hybridized carbons (Fsp3) is 0.333. The molecule has 0 aliphatic carbocycles. The molecule has 0 saturated carbocycles. The molecule has 0 radical (unpaired) electrons. The van der Waals surface area contributed by atoms with E-state index in [-0.39, 0.29) is 0 Å². The second-order valence-electron chi connectivity index (χ2n) is 4.93. The highest BCUT2D eigenvalue weighted by Crippen LogP contribution is 2.30. The Bertz CT molecular complexity index is 546. The molecule has 3 nitrogen and oxygen atoms in total. The molecule has 1 N–H and O–H groups in total. The van der Waals surface area contributed by atoms with Crippen LogP contribution in [0.3, 0.4) is 0 Å². The van der Waals surface area contributed by atoms with Gasteiger partial charge in [-0.25, -0.2) is 9.97 Å². The Morgan fingerprint density at radius 1 is 1.30 bits per heavy atom. The third kappa shape index (κ3) is 4.78. The summed E-state index contributed by atoms with van der Waals surface area (Å²) in [7, 11) is 0. The molecule has 1 aromatic carbocycles. The smallest absolute Gasteiger partial charge is 0.116 e. The van der Waals surface area contributed by atoms with Crippen molar-refractivity contribution in [2.24, 2.45) is 5.92 Å². The zero-order valence-corrected chi connectivity index (χ0v) is 13.2. The molecule has 0 aliphatic heterocycles. The summed E-state index contributed by atoms with van der Waals surface area (Å²) in [4.78, 5) is 9.35. The number of nitrogens with zero attached hydrogens (tertiary/aromatic N) is 2. The van der Waals surface area contributed by atoms with Crippen molar-refractivity contribution in [1.82, 2.24) is 15.3 Å². The van der Waals surface area contributed by atoms with Gasteiger partial charge in [-0.15, -0.1) is 0 Å². The largest absolute Gasteiger partial charge is 0.312 e. The van der Waals surface area contributed by atoms with Crippen LogP contribution in [0.15, 0.2) is 46.7 Å². The maximum absolute atomic E-state index is 6.10. The van der Waals surface area contributed by atoms with Crippen LogP contribution in [-0.4, -0.2) is 16.5 Å². The zero-order valence-electron chi connectivity index (χ0n) is 11.6. The lowest BCUT2D eigenvalue weighted by Crippen LogP contribution is -2.19. The minimum Gasteiger partial charge on any atom is -0.312 e. The van der Waals surface area contributed by atoms with Crippen LogP contribution in [0.4, 0.5) is 0 Å². The molecule has 0 bridgehead atoms. The van der Waals surface area contributed by atoms with Crippen molar-refractivity contribution in [1.29, 1.82) is 0 Å². The molecule has 0 aliphatic rings. The molecule has 0 spiro atoms. The summed E-state index contributed by atoms with van der Waals surface area (Å²) in [5.74, 6) is 0.632. The quantitative estimate of drug-likeness (QED) is 0.818. The SMILES string of the molecule is CC(C)CNCc1cc(Cl)ccc1Sc1ccncn1. The molecule has 2 rings (SSSR count). The second kappa shape index (κ2) is 7.62. The summed E-state index contributed by atoms with van der Waals surface area (Å²) >= 11 is 7.73. The molecule has 0 fully saturated rings. The third-order valence-electron chi connectivity index (χ3n) is 2.66. The van der Waals surface area contributed by atoms with Gasteiger partial charge in [0.2, 0.25) is 0 Å². The van der Waals surface area contributed by atoms with Crippen molar-refractivity contribution in [2.45, 2.75) is 30.3 Å². The first-order valence-corrected chi connectivity index (χ1v) is 7.77. The van der Waals surface area contributed by atoms with Crippen LogP contribution in [0, 0.1) is 5.92 Å². The van der Waals surface area contributed by atoms with E-state index in [2.05, 4.69) is 29.1 Å². The number of aromatic nitrogens is 2. The Morgan fingerprint density at radius 2 is 2.15 bits per heavy atom. The molecule has 2 aromatic rings. The van der Waals surface area contributed by atoms with Gasteiger partial charge in [-0.05, 0) is 42.3 Å². The van der Waals surface area contributed by atoms with Gasteiger partial charge >= 0.3 is 0 Å². The molecule has 106 valence electrons. The number of hydrogen-bond acceptors (Lipinski definition) is 4. The Kier molecular flexibility index (Phi) is 5.83. The maximum atomic E-state index is 6.10. The molecule has 5 heteroatoms. The molecule has 1 heterocycles. The van der Waals surface area contributed by atoms with Gasteiger partial charge in [0.25, 0.3) is 0 Å². The van der Waals surface area contributed by atoms with E-state index in [1.54, 1.807) is 24.3 Å². The molecule has 0 atom stereocenters. The molecule has 0 saturated heterocycles. The molecule has 1 aromatic heterocycles. The van der Waals surface area contributed by atoms with E-state index in [4.69, 9.17) is 11.6 Å². The van der Waals surface area contributed by atoms with E-state index in [9.17, 15) is 0 Å². The monoisotopic (exact) mass is 307 g/mol. The van der Waals surface area contributed by atoms with Gasteiger partial charge in [-0.1, -0.05) is 37.2 Å². The van der Waals surface area contributed by atoms with Crippen molar-refractivity contribution in [2.75, 3.05) is 6.54 Å². The van der Waals surface area contributed by atoms with Gasteiger partial charge in [0.1, 0.15) is 11.4 Å². The highest BCUT2D eigenvalue weighted by molar-refractivity contribution is 7.99. The fourth-order valence-corrected chi connectivity index (χ4v) is 2.78. The summed E-state index contributed by atoms with van der Waals surface area (Å²) in [6, 6.07) is 7.88. The highest BCUT2D eigenvalue weighted by atomic mass is 35.5. The van der Waals surface area contributed by atoms with Crippen LogP contribution in [0.5, 0.6) is 0 Å². The predicted molar refractivity (Wildman–Crippen MR) is 84.2 cm³/mol. The second-order valence-corrected chi connectivity index (χ2v) is 6.43. The number of rotatable bonds is 6. The summed E-state index contributed by atoms with van der Waals surface area (Å²) in [6.45, 7) is 6.19. The van der Waals surface area contributed by atoms with Crippen molar-refractivity contribution in [3.63, 3.8) is 0 Å². The number of hydrogen-bond donors (Lipinski definition) is 1. The first-order valence-electron chi connectivity index (χ1n) is 6.58. The molecular weight excluding hydrogens is 290 g/mol. The van der Waals surface area contributed by atoms with Crippen molar-refractivity contribution >= 4 is 23.4 Å². The number of benzene rings is 1. The van der Waals surface area contributed by atoms with E-state index in [0.717, 1.165) is 23.1 Å². The lowest BCUT2D eigenvalue weighted by Gasteiger charge is -2.12. The van der Waals surface area contributed by atoms with Gasteiger partial charge in [-0.3, -0.25) is 0 Å². The summed E-state index contributed by atoms with van der Waals surface area (Å²) < 4.78 is 0. The van der Waals surface area contributed by atoms with Gasteiger partial charge in [0, 0.05) is 22.7 Å². The van der Waals surface area contributed by atoms with Crippen LogP contribution < -0.4 is 5.32 Å². The van der Waals surface area contributed by atoms with E-state index >= 15 is 0 Å². The lowest BCUT2D eigenvalue weighted by molar-refractivity contribution is 0.550. The van der Waals surface area contributed by atoms with Gasteiger partial charge in [0.05, 0.1) is 0 Å². The molecular formula is C15H18ClN3S. The Balaban J connectivity index is 2.11. The average molecular weight is 308 g/mol. The third-order valence-corrected chi connectivity index (χ3v) is 3.96. The van der Waals surface area contributed by atoms with Crippen LogP contribution in [0.1, 0.15) is 19.4 Å². The van der Waals surface area contributed by atoms with Crippen LogP contribution >= 0.6 is 23.4 Å². The highest BCUT2D eigenvalue weighted by Gasteiger charge is 2.06. The molecule has 0 amide bonds. The Labute approximate surface area is 129 Å².